The van der Waals surface area contributed by atoms with Crippen LogP contribution in [-0.4, -0.2) is 62.0 Å². The number of likely N-dealkylation sites (N-methyl/N-ethyl adjacent to an activating group) is 2. The molecule has 2 rings (SSSR count). The lowest BCUT2D eigenvalue weighted by atomic mass is 10.2. The van der Waals surface area contributed by atoms with Crippen molar-refractivity contribution >= 4 is 17.2 Å². The molecule has 0 bridgehead atoms. The predicted octanol–water partition coefficient (Wildman–Crippen LogP) is 0.653. The first-order chi connectivity index (χ1) is 8.66. The molecule has 18 heavy (non-hydrogen) atoms. The zero-order valence-corrected chi connectivity index (χ0v) is 11.9. The molecule has 1 aromatic heterocycles. The molecule has 1 fully saturated rings. The van der Waals surface area contributed by atoms with E-state index in [1.165, 1.54) is 4.88 Å². The third-order valence-electron chi connectivity index (χ3n) is 3.33. The van der Waals surface area contributed by atoms with Crippen LogP contribution in [0.15, 0.2) is 17.5 Å². The van der Waals surface area contributed by atoms with Crippen molar-refractivity contribution in [1.29, 1.82) is 0 Å². The number of hydrogen-bond acceptors (Lipinski definition) is 4. The molecule has 1 amide bonds. The van der Waals surface area contributed by atoms with Crippen molar-refractivity contribution in [3.05, 3.63) is 22.4 Å². The van der Waals surface area contributed by atoms with Gasteiger partial charge in [0, 0.05) is 38.1 Å². The van der Waals surface area contributed by atoms with Gasteiger partial charge < -0.3 is 15.1 Å². The highest BCUT2D eigenvalue weighted by Gasteiger charge is 2.25. The molecule has 0 radical (unpaired) electrons. The smallest absolute Gasteiger partial charge is 0.240 e. The Morgan fingerprint density at radius 1 is 1.67 bits per heavy atom. The maximum Gasteiger partial charge on any atom is 0.240 e. The minimum absolute atomic E-state index is 0.0444. The van der Waals surface area contributed by atoms with E-state index in [9.17, 15) is 4.79 Å². The van der Waals surface area contributed by atoms with Crippen molar-refractivity contribution in [3.8, 4) is 0 Å². The van der Waals surface area contributed by atoms with Crippen LogP contribution in [0.4, 0.5) is 0 Å². The zero-order valence-electron chi connectivity index (χ0n) is 11.1. The Kier molecular flexibility index (Phi) is 4.74. The second kappa shape index (κ2) is 6.31. The zero-order chi connectivity index (χ0) is 13.0. The lowest BCUT2D eigenvalue weighted by molar-refractivity contribution is -0.133. The van der Waals surface area contributed by atoms with Gasteiger partial charge in [0.15, 0.2) is 0 Å². The highest BCUT2D eigenvalue weighted by molar-refractivity contribution is 7.09. The monoisotopic (exact) mass is 267 g/mol. The molecule has 1 N–H and O–H groups in total. The van der Waals surface area contributed by atoms with Crippen molar-refractivity contribution in [2.75, 3.05) is 40.3 Å². The maximum absolute atomic E-state index is 12.2. The van der Waals surface area contributed by atoms with Gasteiger partial charge in [0.2, 0.25) is 5.91 Å². The van der Waals surface area contributed by atoms with Crippen LogP contribution >= 0.6 is 11.3 Å². The fourth-order valence-electron chi connectivity index (χ4n) is 2.17. The van der Waals surface area contributed by atoms with Gasteiger partial charge in [-0.2, -0.15) is 0 Å². The van der Waals surface area contributed by atoms with Crippen LogP contribution in [0.25, 0.3) is 0 Å². The number of carbonyl (C=O) groups excluding carboxylic acids is 1. The molecule has 1 aliphatic rings. The van der Waals surface area contributed by atoms with E-state index in [0.29, 0.717) is 0 Å². The number of hydrogen-bond donors (Lipinski definition) is 1. The molecule has 1 aliphatic heterocycles. The van der Waals surface area contributed by atoms with Crippen LogP contribution in [0.5, 0.6) is 0 Å². The van der Waals surface area contributed by atoms with E-state index in [1.54, 1.807) is 11.3 Å². The SMILES string of the molecule is CN1CCNC(C(=O)N(C)CCc2cccs2)C1. The molecule has 4 nitrogen and oxygen atoms in total. The summed E-state index contributed by atoms with van der Waals surface area (Å²) in [6.45, 7) is 3.51. The average molecular weight is 267 g/mol. The van der Waals surface area contributed by atoms with E-state index in [0.717, 1.165) is 32.6 Å². The number of nitrogens with one attached hydrogen (secondary N) is 1. The topological polar surface area (TPSA) is 35.6 Å². The molecule has 0 spiro atoms. The summed E-state index contributed by atoms with van der Waals surface area (Å²) in [5, 5.41) is 5.37. The maximum atomic E-state index is 12.2. The van der Waals surface area contributed by atoms with Crippen LogP contribution in [-0.2, 0) is 11.2 Å². The molecule has 100 valence electrons. The summed E-state index contributed by atoms with van der Waals surface area (Å²) in [6.07, 6.45) is 0.947. The first kappa shape index (κ1) is 13.5. The van der Waals surface area contributed by atoms with Crippen molar-refractivity contribution in [3.63, 3.8) is 0 Å². The van der Waals surface area contributed by atoms with E-state index in [4.69, 9.17) is 0 Å². The quantitative estimate of drug-likeness (QED) is 0.870. The van der Waals surface area contributed by atoms with Gasteiger partial charge in [-0.05, 0) is 24.9 Å². The number of piperazine rings is 1. The standard InChI is InChI=1S/C13H21N3OS/c1-15-8-6-14-12(10-15)13(17)16(2)7-5-11-4-3-9-18-11/h3-4,9,12,14H,5-8,10H2,1-2H3. The third-order valence-corrected chi connectivity index (χ3v) is 4.26. The highest BCUT2D eigenvalue weighted by Crippen LogP contribution is 2.10. The molecule has 5 heteroatoms. The Morgan fingerprint density at radius 3 is 3.17 bits per heavy atom. The van der Waals surface area contributed by atoms with E-state index >= 15 is 0 Å². The summed E-state index contributed by atoms with van der Waals surface area (Å²) in [7, 11) is 3.96. The van der Waals surface area contributed by atoms with Crippen molar-refractivity contribution in [1.82, 2.24) is 15.1 Å². The molecule has 1 atom stereocenters. The van der Waals surface area contributed by atoms with E-state index in [2.05, 4.69) is 34.8 Å². The molecule has 1 unspecified atom stereocenters. The minimum Gasteiger partial charge on any atom is -0.344 e. The molecular weight excluding hydrogens is 246 g/mol. The summed E-state index contributed by atoms with van der Waals surface area (Å²) >= 11 is 1.75. The summed E-state index contributed by atoms with van der Waals surface area (Å²) in [5.74, 6) is 0.207. The van der Waals surface area contributed by atoms with Crippen molar-refractivity contribution in [2.45, 2.75) is 12.5 Å². The Hall–Kier alpha value is -0.910. The van der Waals surface area contributed by atoms with E-state index in [1.807, 2.05) is 11.9 Å². The minimum atomic E-state index is -0.0444. The second-order valence-electron chi connectivity index (χ2n) is 4.86. The van der Waals surface area contributed by atoms with Crippen LogP contribution < -0.4 is 5.32 Å². The molecule has 0 aliphatic carbocycles. The molecule has 1 aromatic rings. The lowest BCUT2D eigenvalue weighted by Crippen LogP contribution is -2.56. The van der Waals surface area contributed by atoms with Gasteiger partial charge in [0.25, 0.3) is 0 Å². The number of thiophene rings is 1. The first-order valence-corrected chi connectivity index (χ1v) is 7.24. The van der Waals surface area contributed by atoms with Gasteiger partial charge in [0.1, 0.15) is 0 Å². The molecule has 1 saturated heterocycles. The van der Waals surface area contributed by atoms with Crippen molar-refractivity contribution < 1.29 is 4.79 Å². The summed E-state index contributed by atoms with van der Waals surface area (Å²) in [4.78, 5) is 17.6. The van der Waals surface area contributed by atoms with Crippen LogP contribution in [0.1, 0.15) is 4.88 Å². The second-order valence-corrected chi connectivity index (χ2v) is 5.89. The Morgan fingerprint density at radius 2 is 2.50 bits per heavy atom. The fourth-order valence-corrected chi connectivity index (χ4v) is 2.87. The van der Waals surface area contributed by atoms with Crippen LogP contribution in [0.2, 0.25) is 0 Å². The number of carbonyl (C=O) groups is 1. The summed E-state index contributed by atoms with van der Waals surface area (Å²) in [6, 6.07) is 4.13. The van der Waals surface area contributed by atoms with E-state index < -0.39 is 0 Å². The Labute approximate surface area is 113 Å². The van der Waals surface area contributed by atoms with E-state index in [-0.39, 0.29) is 11.9 Å². The highest BCUT2D eigenvalue weighted by atomic mass is 32.1. The average Bonchev–Trinajstić information content (AvgIpc) is 2.88. The van der Waals surface area contributed by atoms with Crippen LogP contribution in [0, 0.1) is 0 Å². The Balaban J connectivity index is 1.80. The molecular formula is C13H21N3OS. The largest absolute Gasteiger partial charge is 0.344 e. The summed E-state index contributed by atoms with van der Waals surface area (Å²) in [5.41, 5.74) is 0. The predicted molar refractivity (Wildman–Crippen MR) is 74.9 cm³/mol. The van der Waals surface area contributed by atoms with Gasteiger partial charge in [-0.25, -0.2) is 0 Å². The molecule has 2 heterocycles. The lowest BCUT2D eigenvalue weighted by Gasteiger charge is -2.32. The van der Waals surface area contributed by atoms with Gasteiger partial charge in [-0.15, -0.1) is 11.3 Å². The number of amides is 1. The molecule has 0 aromatic carbocycles. The Bertz CT molecular complexity index is 380. The van der Waals surface area contributed by atoms with Gasteiger partial charge >= 0.3 is 0 Å². The summed E-state index contributed by atoms with van der Waals surface area (Å²) < 4.78 is 0. The number of nitrogens with zero attached hydrogens (tertiary/aromatic N) is 2. The van der Waals surface area contributed by atoms with Gasteiger partial charge in [-0.3, -0.25) is 4.79 Å². The third kappa shape index (κ3) is 3.54. The fraction of sp³-hybridized carbons (Fsp3) is 0.615. The normalized spacial score (nSPS) is 20.9. The molecule has 0 saturated carbocycles. The van der Waals surface area contributed by atoms with Crippen LogP contribution in [0.3, 0.4) is 0 Å². The van der Waals surface area contributed by atoms with Gasteiger partial charge in [0.05, 0.1) is 6.04 Å². The number of rotatable bonds is 4. The van der Waals surface area contributed by atoms with Crippen molar-refractivity contribution in [2.24, 2.45) is 0 Å². The van der Waals surface area contributed by atoms with Gasteiger partial charge in [-0.1, -0.05) is 6.07 Å². The first-order valence-electron chi connectivity index (χ1n) is 6.36.